The van der Waals surface area contributed by atoms with Crippen LogP contribution in [0.4, 0.5) is 0 Å². The average molecular weight is 583 g/mol. The normalized spacial score (nSPS) is 15.0. The first-order chi connectivity index (χ1) is 21.8. The molecule has 8 aromatic rings. The van der Waals surface area contributed by atoms with Crippen molar-refractivity contribution in [3.05, 3.63) is 146 Å². The van der Waals surface area contributed by atoms with Crippen molar-refractivity contribution in [2.45, 2.75) is 31.4 Å². The minimum Gasteiger partial charge on any atom is -0.309 e. The van der Waals surface area contributed by atoms with Crippen LogP contribution in [0.15, 0.2) is 146 Å². The Hall–Kier alpha value is -4.86. The van der Waals surface area contributed by atoms with Crippen LogP contribution in [0.5, 0.6) is 0 Å². The number of rotatable bonds is 4. The van der Waals surface area contributed by atoms with E-state index in [2.05, 4.69) is 155 Å². The molecule has 2 nitrogen and oxygen atoms in total. The lowest BCUT2D eigenvalue weighted by atomic mass is 10.2. The summed E-state index contributed by atoms with van der Waals surface area (Å²) in [6.45, 7) is 0. The van der Waals surface area contributed by atoms with Crippen LogP contribution in [-0.4, -0.2) is 17.2 Å². The van der Waals surface area contributed by atoms with Crippen LogP contribution in [0, 0.1) is 0 Å². The summed E-state index contributed by atoms with van der Waals surface area (Å²) in [5.41, 5.74) is 7.57. The Labute approximate surface area is 258 Å². The van der Waals surface area contributed by atoms with Gasteiger partial charge in [0.1, 0.15) is 8.07 Å². The predicted molar refractivity (Wildman–Crippen MR) is 190 cm³/mol. The van der Waals surface area contributed by atoms with Gasteiger partial charge in [-0.3, -0.25) is 0 Å². The van der Waals surface area contributed by atoms with Crippen LogP contribution >= 0.6 is 0 Å². The molecule has 2 aromatic heterocycles. The molecule has 3 heterocycles. The van der Waals surface area contributed by atoms with Gasteiger partial charge in [0, 0.05) is 32.9 Å². The maximum absolute atomic E-state index is 2.47. The van der Waals surface area contributed by atoms with Crippen molar-refractivity contribution in [3.63, 3.8) is 0 Å². The third-order valence-corrected chi connectivity index (χ3v) is 15.5. The van der Waals surface area contributed by atoms with Crippen LogP contribution in [0.25, 0.3) is 55.0 Å². The van der Waals surface area contributed by atoms with E-state index in [-0.39, 0.29) is 0 Å². The molecule has 0 saturated carbocycles. The fourth-order valence-electron chi connectivity index (χ4n) is 8.16. The molecule has 1 fully saturated rings. The van der Waals surface area contributed by atoms with E-state index >= 15 is 0 Å². The van der Waals surface area contributed by atoms with Crippen molar-refractivity contribution in [2.75, 3.05) is 0 Å². The summed E-state index contributed by atoms with van der Waals surface area (Å²) in [6.07, 6.45) is 4.01. The maximum atomic E-state index is 2.47. The molecule has 44 heavy (non-hydrogen) atoms. The smallest absolute Gasteiger partial charge is 0.118 e. The second-order valence-electron chi connectivity index (χ2n) is 12.5. The van der Waals surface area contributed by atoms with E-state index in [0.29, 0.717) is 0 Å². The topological polar surface area (TPSA) is 9.86 Å². The Morgan fingerprint density at radius 3 is 1.00 bits per heavy atom. The van der Waals surface area contributed by atoms with Gasteiger partial charge in [-0.25, -0.2) is 0 Å². The standard InChI is InChI=1S/C41H34N2Si/c1-10-28-44(29-11-1,32-24-20-30(21-25-32)42-38-16-6-2-12-34(38)35-13-3-7-17-39(35)42)33-26-22-31(23-27-33)43-40-18-8-4-14-36(40)37-15-5-9-19-41(37)43/h2-9,12-27H,1,10-11,28-29H2. The quantitative estimate of drug-likeness (QED) is 0.183. The number of benzene rings is 6. The zero-order chi connectivity index (χ0) is 29.1. The van der Waals surface area contributed by atoms with E-state index < -0.39 is 8.07 Å². The average Bonchev–Trinajstić information content (AvgIpc) is 3.62. The summed E-state index contributed by atoms with van der Waals surface area (Å²) in [5.74, 6) is 0. The highest BCUT2D eigenvalue weighted by Gasteiger charge is 2.38. The Bertz CT molecular complexity index is 2030. The first kappa shape index (κ1) is 25.6. The van der Waals surface area contributed by atoms with Gasteiger partial charge in [0.2, 0.25) is 0 Å². The van der Waals surface area contributed by atoms with Crippen LogP contribution < -0.4 is 10.4 Å². The second-order valence-corrected chi connectivity index (χ2v) is 16.8. The van der Waals surface area contributed by atoms with Gasteiger partial charge in [0.25, 0.3) is 0 Å². The summed E-state index contributed by atoms with van der Waals surface area (Å²) in [6, 6.07) is 57.2. The minimum atomic E-state index is -1.88. The number of hydrogen-bond acceptors (Lipinski definition) is 0. The SMILES string of the molecule is c1ccc2c(c1)c1ccccc1n2-c1ccc([Si]2(c3ccc(-n4c5ccccc5c5ccccc54)cc3)CCCCC2)cc1. The highest BCUT2D eigenvalue weighted by molar-refractivity contribution is 7.02. The summed E-state index contributed by atoms with van der Waals surface area (Å²) >= 11 is 0. The lowest BCUT2D eigenvalue weighted by Gasteiger charge is -2.36. The summed E-state index contributed by atoms with van der Waals surface area (Å²) in [4.78, 5) is 0. The molecule has 1 saturated heterocycles. The highest BCUT2D eigenvalue weighted by Crippen LogP contribution is 2.34. The minimum absolute atomic E-state index is 1.24. The van der Waals surface area contributed by atoms with Crippen molar-refractivity contribution in [3.8, 4) is 11.4 Å². The number of aromatic nitrogens is 2. The Balaban J connectivity index is 1.14. The van der Waals surface area contributed by atoms with E-state index in [4.69, 9.17) is 0 Å². The summed E-state index contributed by atoms with van der Waals surface area (Å²) < 4.78 is 4.87. The molecular formula is C41H34N2Si. The maximum Gasteiger partial charge on any atom is 0.118 e. The fraction of sp³-hybridized carbons (Fsp3) is 0.122. The number of para-hydroxylation sites is 4. The first-order valence-electron chi connectivity index (χ1n) is 16.0. The number of hydrogen-bond donors (Lipinski definition) is 0. The molecule has 0 radical (unpaired) electrons. The molecule has 0 aliphatic carbocycles. The van der Waals surface area contributed by atoms with Gasteiger partial charge in [-0.05, 0) is 60.6 Å². The molecule has 1 aliphatic heterocycles. The lowest BCUT2D eigenvalue weighted by Crippen LogP contribution is -2.59. The number of nitrogens with zero attached hydrogens (tertiary/aromatic N) is 2. The molecule has 0 bridgehead atoms. The molecule has 0 N–H and O–H groups in total. The van der Waals surface area contributed by atoms with Crippen LogP contribution in [-0.2, 0) is 0 Å². The van der Waals surface area contributed by atoms with E-state index in [1.165, 1.54) is 86.3 Å². The third kappa shape index (κ3) is 3.79. The second kappa shape index (κ2) is 10.1. The van der Waals surface area contributed by atoms with Crippen LogP contribution in [0.2, 0.25) is 12.1 Å². The largest absolute Gasteiger partial charge is 0.309 e. The third-order valence-electron chi connectivity index (χ3n) is 10.2. The monoisotopic (exact) mass is 582 g/mol. The van der Waals surface area contributed by atoms with Crippen LogP contribution in [0.3, 0.4) is 0 Å². The van der Waals surface area contributed by atoms with Gasteiger partial charge in [-0.15, -0.1) is 0 Å². The van der Waals surface area contributed by atoms with Gasteiger partial charge in [-0.1, -0.05) is 127 Å². The van der Waals surface area contributed by atoms with Crippen molar-refractivity contribution >= 4 is 62.1 Å². The van der Waals surface area contributed by atoms with Gasteiger partial charge in [-0.2, -0.15) is 0 Å². The van der Waals surface area contributed by atoms with E-state index in [9.17, 15) is 0 Å². The fourth-order valence-corrected chi connectivity index (χ4v) is 13.2. The van der Waals surface area contributed by atoms with E-state index in [1.807, 2.05) is 0 Å². The lowest BCUT2D eigenvalue weighted by molar-refractivity contribution is 0.720. The summed E-state index contributed by atoms with van der Waals surface area (Å²) in [7, 11) is -1.88. The van der Waals surface area contributed by atoms with Crippen molar-refractivity contribution in [2.24, 2.45) is 0 Å². The van der Waals surface area contributed by atoms with E-state index in [1.54, 1.807) is 10.4 Å². The molecular weight excluding hydrogens is 549 g/mol. The number of fused-ring (bicyclic) bond motifs is 6. The Morgan fingerprint density at radius 2 is 0.659 bits per heavy atom. The van der Waals surface area contributed by atoms with Crippen molar-refractivity contribution in [1.29, 1.82) is 0 Å². The molecule has 9 rings (SSSR count). The zero-order valence-electron chi connectivity index (χ0n) is 24.8. The molecule has 1 aliphatic rings. The van der Waals surface area contributed by atoms with Gasteiger partial charge in [0.05, 0.1) is 22.1 Å². The zero-order valence-corrected chi connectivity index (χ0v) is 25.8. The molecule has 6 aromatic carbocycles. The first-order valence-corrected chi connectivity index (χ1v) is 18.4. The van der Waals surface area contributed by atoms with Crippen molar-refractivity contribution < 1.29 is 0 Å². The highest BCUT2D eigenvalue weighted by atomic mass is 28.3. The molecule has 212 valence electrons. The van der Waals surface area contributed by atoms with E-state index in [0.717, 1.165) is 0 Å². The Morgan fingerprint density at radius 1 is 0.341 bits per heavy atom. The summed E-state index contributed by atoms with van der Waals surface area (Å²) in [5, 5.41) is 8.40. The molecule has 0 amide bonds. The van der Waals surface area contributed by atoms with Crippen molar-refractivity contribution in [1.82, 2.24) is 9.13 Å². The van der Waals surface area contributed by atoms with Gasteiger partial charge in [0.15, 0.2) is 0 Å². The Kier molecular flexibility index (Phi) is 5.88. The molecule has 0 atom stereocenters. The molecule has 3 heteroatoms. The molecule has 0 unspecified atom stereocenters. The predicted octanol–water partition coefficient (Wildman–Crippen LogP) is 9.63. The molecule has 0 spiro atoms. The van der Waals surface area contributed by atoms with Gasteiger partial charge < -0.3 is 9.13 Å². The van der Waals surface area contributed by atoms with Gasteiger partial charge >= 0.3 is 0 Å². The van der Waals surface area contributed by atoms with Crippen LogP contribution in [0.1, 0.15) is 19.3 Å².